The van der Waals surface area contributed by atoms with E-state index in [1.165, 1.54) is 23.9 Å². The number of thioether (sulfide) groups is 1. The van der Waals surface area contributed by atoms with Gasteiger partial charge in [-0.1, -0.05) is 23.9 Å². The number of fused-ring (bicyclic) bond motifs is 1. The standard InChI is InChI=1S/C25H25FN4O4S/c1-15-9-23(30-25(29-15)19(13-28-30)17-5-7-18(26)8-6-17)35-14-22(31)27-12-16-10-20(32-2)24(34-4)21(11-16)33-3/h5-11,13H,12,14H2,1-4H3,(H,27,31). The predicted molar refractivity (Wildman–Crippen MR) is 132 cm³/mol. The van der Waals surface area contributed by atoms with Gasteiger partial charge in [0.05, 0.1) is 33.3 Å². The Balaban J connectivity index is 1.46. The van der Waals surface area contributed by atoms with Crippen molar-refractivity contribution in [2.45, 2.75) is 18.5 Å². The van der Waals surface area contributed by atoms with Crippen LogP contribution in [0.1, 0.15) is 11.3 Å². The molecule has 0 radical (unpaired) electrons. The summed E-state index contributed by atoms with van der Waals surface area (Å²) in [6, 6.07) is 11.7. The third-order valence-electron chi connectivity index (χ3n) is 5.29. The highest BCUT2D eigenvalue weighted by molar-refractivity contribution is 7.99. The lowest BCUT2D eigenvalue weighted by Crippen LogP contribution is -2.24. The van der Waals surface area contributed by atoms with Crippen molar-refractivity contribution in [3.8, 4) is 28.4 Å². The van der Waals surface area contributed by atoms with Gasteiger partial charge < -0.3 is 19.5 Å². The smallest absolute Gasteiger partial charge is 0.230 e. The molecule has 0 spiro atoms. The van der Waals surface area contributed by atoms with Crippen molar-refractivity contribution >= 4 is 23.3 Å². The van der Waals surface area contributed by atoms with Crippen LogP contribution in [0.3, 0.4) is 0 Å². The van der Waals surface area contributed by atoms with Crippen molar-refractivity contribution in [2.24, 2.45) is 0 Å². The summed E-state index contributed by atoms with van der Waals surface area (Å²) < 4.78 is 31.1. The summed E-state index contributed by atoms with van der Waals surface area (Å²) in [6.45, 7) is 2.19. The topological polar surface area (TPSA) is 87.0 Å². The Kier molecular flexibility index (Phi) is 7.40. The van der Waals surface area contributed by atoms with E-state index in [0.29, 0.717) is 29.4 Å². The zero-order valence-corrected chi connectivity index (χ0v) is 20.6. The van der Waals surface area contributed by atoms with E-state index in [4.69, 9.17) is 14.2 Å². The van der Waals surface area contributed by atoms with Crippen molar-refractivity contribution < 1.29 is 23.4 Å². The summed E-state index contributed by atoms with van der Waals surface area (Å²) in [5.41, 5.74) is 3.87. The fourth-order valence-electron chi connectivity index (χ4n) is 3.61. The van der Waals surface area contributed by atoms with Crippen molar-refractivity contribution in [3.05, 3.63) is 65.7 Å². The Morgan fingerprint density at radius 2 is 1.74 bits per heavy atom. The molecule has 2 heterocycles. The molecule has 0 atom stereocenters. The summed E-state index contributed by atoms with van der Waals surface area (Å²) >= 11 is 1.36. The van der Waals surface area contributed by atoms with Gasteiger partial charge in [-0.05, 0) is 48.4 Å². The minimum absolute atomic E-state index is 0.141. The third-order valence-corrected chi connectivity index (χ3v) is 6.28. The Bertz CT molecular complexity index is 1330. The lowest BCUT2D eigenvalue weighted by atomic mass is 10.1. The van der Waals surface area contributed by atoms with Gasteiger partial charge >= 0.3 is 0 Å². The van der Waals surface area contributed by atoms with Gasteiger partial charge in [-0.2, -0.15) is 5.10 Å². The van der Waals surface area contributed by atoms with Crippen LogP contribution in [0.25, 0.3) is 16.8 Å². The van der Waals surface area contributed by atoms with Gasteiger partial charge in [0.15, 0.2) is 17.1 Å². The Hall–Kier alpha value is -3.79. The average Bonchev–Trinajstić information content (AvgIpc) is 3.29. The number of rotatable bonds is 9. The lowest BCUT2D eigenvalue weighted by Gasteiger charge is -2.14. The maximum absolute atomic E-state index is 13.3. The molecule has 0 fully saturated rings. The number of methoxy groups -OCH3 is 3. The number of carbonyl (C=O) groups excluding carboxylic acids is 1. The first kappa shape index (κ1) is 24.3. The SMILES string of the molecule is COc1cc(CNC(=O)CSc2cc(C)nc3c(-c4ccc(F)cc4)cnn23)cc(OC)c1OC. The molecule has 35 heavy (non-hydrogen) atoms. The molecule has 4 aromatic rings. The van der Waals surface area contributed by atoms with Crippen LogP contribution in [-0.2, 0) is 11.3 Å². The highest BCUT2D eigenvalue weighted by Crippen LogP contribution is 2.38. The molecule has 0 saturated heterocycles. The van der Waals surface area contributed by atoms with Gasteiger partial charge in [0.2, 0.25) is 11.7 Å². The van der Waals surface area contributed by atoms with Crippen molar-refractivity contribution in [2.75, 3.05) is 27.1 Å². The van der Waals surface area contributed by atoms with E-state index < -0.39 is 0 Å². The van der Waals surface area contributed by atoms with Crippen LogP contribution < -0.4 is 19.5 Å². The van der Waals surface area contributed by atoms with Gasteiger partial charge in [0, 0.05) is 17.8 Å². The molecule has 10 heteroatoms. The zero-order chi connectivity index (χ0) is 24.9. The minimum Gasteiger partial charge on any atom is -0.493 e. The average molecular weight is 497 g/mol. The molecular formula is C25H25FN4O4S. The quantitative estimate of drug-likeness (QED) is 0.273. The minimum atomic E-state index is -0.303. The fraction of sp³-hybridized carbons (Fsp3) is 0.240. The number of nitrogens with one attached hydrogen (secondary N) is 1. The first-order chi connectivity index (χ1) is 16.9. The number of aromatic nitrogens is 3. The summed E-state index contributed by atoms with van der Waals surface area (Å²) in [7, 11) is 4.63. The van der Waals surface area contributed by atoms with E-state index in [-0.39, 0.29) is 17.5 Å². The number of amides is 1. The van der Waals surface area contributed by atoms with E-state index in [1.54, 1.807) is 56.3 Å². The largest absolute Gasteiger partial charge is 0.493 e. The van der Waals surface area contributed by atoms with Crippen LogP contribution >= 0.6 is 11.8 Å². The maximum Gasteiger partial charge on any atom is 0.230 e. The Morgan fingerprint density at radius 1 is 1.06 bits per heavy atom. The zero-order valence-electron chi connectivity index (χ0n) is 19.8. The number of carbonyl (C=O) groups is 1. The Labute approximate surface area is 206 Å². The summed E-state index contributed by atoms with van der Waals surface area (Å²) in [5, 5.41) is 8.15. The lowest BCUT2D eigenvalue weighted by molar-refractivity contribution is -0.118. The molecule has 0 unspecified atom stereocenters. The highest BCUT2D eigenvalue weighted by Gasteiger charge is 2.16. The van der Waals surface area contributed by atoms with Crippen molar-refractivity contribution in [1.29, 1.82) is 0 Å². The van der Waals surface area contributed by atoms with Gasteiger partial charge in [-0.15, -0.1) is 0 Å². The summed E-state index contributed by atoms with van der Waals surface area (Å²) in [5.74, 6) is 1.29. The number of halogens is 1. The van der Waals surface area contributed by atoms with E-state index in [1.807, 2.05) is 13.0 Å². The summed E-state index contributed by atoms with van der Waals surface area (Å²) in [6.07, 6.45) is 1.70. The molecule has 4 rings (SSSR count). The molecule has 1 amide bonds. The van der Waals surface area contributed by atoms with Crippen LogP contribution in [0, 0.1) is 12.7 Å². The molecule has 0 bridgehead atoms. The molecule has 0 aliphatic carbocycles. The number of hydrogen-bond donors (Lipinski definition) is 1. The van der Waals surface area contributed by atoms with E-state index in [9.17, 15) is 9.18 Å². The number of hydrogen-bond acceptors (Lipinski definition) is 7. The molecule has 8 nitrogen and oxygen atoms in total. The molecule has 0 saturated carbocycles. The van der Waals surface area contributed by atoms with Crippen LogP contribution in [-0.4, -0.2) is 47.6 Å². The molecule has 0 aliphatic rings. The molecular weight excluding hydrogens is 471 g/mol. The van der Waals surface area contributed by atoms with Gasteiger partial charge in [-0.25, -0.2) is 13.9 Å². The number of ether oxygens (including phenoxy) is 3. The highest BCUT2D eigenvalue weighted by atomic mass is 32.2. The number of aryl methyl sites for hydroxylation is 1. The number of benzene rings is 2. The van der Waals surface area contributed by atoms with Gasteiger partial charge in [0.25, 0.3) is 0 Å². The van der Waals surface area contributed by atoms with Crippen LogP contribution in [0.5, 0.6) is 17.2 Å². The molecule has 182 valence electrons. The Morgan fingerprint density at radius 3 is 2.37 bits per heavy atom. The van der Waals surface area contributed by atoms with Crippen molar-refractivity contribution in [1.82, 2.24) is 19.9 Å². The normalized spacial score (nSPS) is 10.9. The molecule has 0 aliphatic heterocycles. The second kappa shape index (κ2) is 10.6. The van der Waals surface area contributed by atoms with Crippen LogP contribution in [0.4, 0.5) is 4.39 Å². The molecule has 2 aromatic heterocycles. The van der Waals surface area contributed by atoms with Crippen LogP contribution in [0.15, 0.2) is 53.7 Å². The number of nitrogens with zero attached hydrogens (tertiary/aromatic N) is 3. The molecule has 1 N–H and O–H groups in total. The van der Waals surface area contributed by atoms with Crippen LogP contribution in [0.2, 0.25) is 0 Å². The first-order valence-electron chi connectivity index (χ1n) is 10.7. The summed E-state index contributed by atoms with van der Waals surface area (Å²) in [4.78, 5) is 17.2. The van der Waals surface area contributed by atoms with E-state index >= 15 is 0 Å². The predicted octanol–water partition coefficient (Wildman–Crippen LogP) is 4.28. The van der Waals surface area contributed by atoms with E-state index in [0.717, 1.165) is 27.4 Å². The van der Waals surface area contributed by atoms with Gasteiger partial charge in [0.1, 0.15) is 10.8 Å². The van der Waals surface area contributed by atoms with E-state index in [2.05, 4.69) is 15.4 Å². The third kappa shape index (κ3) is 5.32. The first-order valence-corrected chi connectivity index (χ1v) is 11.7. The molecule has 2 aromatic carbocycles. The second-order valence-electron chi connectivity index (χ2n) is 7.64. The monoisotopic (exact) mass is 496 g/mol. The second-order valence-corrected chi connectivity index (χ2v) is 8.63. The maximum atomic E-state index is 13.3. The van der Waals surface area contributed by atoms with Crippen molar-refractivity contribution in [3.63, 3.8) is 0 Å². The van der Waals surface area contributed by atoms with Gasteiger partial charge in [-0.3, -0.25) is 4.79 Å². The fourth-order valence-corrected chi connectivity index (χ4v) is 4.51.